The molecule has 1 aromatic heterocycles. The van der Waals surface area contributed by atoms with Crippen LogP contribution in [0.4, 0.5) is 5.69 Å². The molecule has 118 valence electrons. The van der Waals surface area contributed by atoms with E-state index in [1.165, 1.54) is 24.3 Å². The van der Waals surface area contributed by atoms with Crippen LogP contribution < -0.4 is 10.5 Å². The normalized spacial score (nSPS) is 11.5. The van der Waals surface area contributed by atoms with Crippen LogP contribution in [0.1, 0.15) is 10.4 Å². The summed E-state index contributed by atoms with van der Waals surface area (Å²) in [5, 5.41) is 0.265. The number of anilines is 1. The molecule has 1 amide bonds. The van der Waals surface area contributed by atoms with Gasteiger partial charge in [0.2, 0.25) is 0 Å². The maximum absolute atomic E-state index is 12.6. The maximum atomic E-state index is 12.6. The Labute approximate surface area is 140 Å². The van der Waals surface area contributed by atoms with Gasteiger partial charge in [0.25, 0.3) is 15.9 Å². The van der Waals surface area contributed by atoms with Gasteiger partial charge in [-0.3, -0.25) is 9.52 Å². The van der Waals surface area contributed by atoms with Crippen LogP contribution in [0.3, 0.4) is 0 Å². The van der Waals surface area contributed by atoms with Crippen molar-refractivity contribution in [3.63, 3.8) is 0 Å². The summed E-state index contributed by atoms with van der Waals surface area (Å²) in [6.07, 6.45) is 0. The highest BCUT2D eigenvalue weighted by Gasteiger charge is 2.22. The molecule has 3 aromatic rings. The largest absolute Gasteiger partial charge is 0.366 e. The molecule has 0 spiro atoms. The van der Waals surface area contributed by atoms with Gasteiger partial charge in [-0.05, 0) is 30.3 Å². The highest BCUT2D eigenvalue weighted by atomic mass is 35.5. The zero-order valence-corrected chi connectivity index (χ0v) is 13.7. The fourth-order valence-corrected chi connectivity index (χ4v) is 4.02. The first-order valence-corrected chi connectivity index (χ1v) is 8.81. The summed E-state index contributed by atoms with van der Waals surface area (Å²) in [6.45, 7) is 0. The minimum atomic E-state index is -3.99. The predicted molar refractivity (Wildman–Crippen MR) is 88.2 cm³/mol. The Hall–Kier alpha value is -2.23. The fraction of sp³-hybridized carbons (Fsp3) is 0. The van der Waals surface area contributed by atoms with Crippen molar-refractivity contribution < 1.29 is 13.2 Å². The van der Waals surface area contributed by atoms with Crippen LogP contribution in [0, 0.1) is 0 Å². The predicted octanol–water partition coefficient (Wildman–Crippen LogP) is 2.24. The van der Waals surface area contributed by atoms with Crippen molar-refractivity contribution in [1.29, 1.82) is 0 Å². The van der Waals surface area contributed by atoms with Crippen molar-refractivity contribution in [2.45, 2.75) is 4.90 Å². The van der Waals surface area contributed by atoms with Crippen molar-refractivity contribution in [3.8, 4) is 0 Å². The Balaban J connectivity index is 2.11. The molecule has 0 unspecified atom stereocenters. The highest BCUT2D eigenvalue weighted by Crippen LogP contribution is 2.26. The summed E-state index contributed by atoms with van der Waals surface area (Å²) in [4.78, 5) is 11.4. The van der Waals surface area contributed by atoms with E-state index < -0.39 is 15.9 Å². The average Bonchev–Trinajstić information content (AvgIpc) is 2.94. The lowest BCUT2D eigenvalue weighted by molar-refractivity contribution is 0.100. The summed E-state index contributed by atoms with van der Waals surface area (Å²) in [5.74, 6) is -0.770. The highest BCUT2D eigenvalue weighted by molar-refractivity contribution is 7.93. The molecule has 3 N–H and O–H groups in total. The van der Waals surface area contributed by atoms with E-state index in [0.29, 0.717) is 5.52 Å². The summed E-state index contributed by atoms with van der Waals surface area (Å²) >= 11 is 6.78. The van der Waals surface area contributed by atoms with Gasteiger partial charge in [-0.1, -0.05) is 17.7 Å². The first kappa shape index (κ1) is 15.7. The van der Waals surface area contributed by atoms with Crippen molar-refractivity contribution in [1.82, 2.24) is 8.75 Å². The molecule has 7 nitrogen and oxygen atoms in total. The van der Waals surface area contributed by atoms with Gasteiger partial charge in [-0.15, -0.1) is 0 Å². The molecule has 0 aliphatic heterocycles. The number of rotatable bonds is 4. The van der Waals surface area contributed by atoms with E-state index in [2.05, 4.69) is 13.5 Å². The number of carbonyl (C=O) groups excluding carboxylic acids is 1. The van der Waals surface area contributed by atoms with E-state index in [0.717, 1.165) is 11.7 Å². The SMILES string of the molecule is NC(=O)c1ccc(Cl)cc1NS(=O)(=O)c1cccc2nsnc12. The quantitative estimate of drug-likeness (QED) is 0.732. The third-order valence-electron chi connectivity index (χ3n) is 3.03. The number of aromatic nitrogens is 2. The van der Waals surface area contributed by atoms with E-state index in [-0.39, 0.29) is 26.7 Å². The third-order valence-corrected chi connectivity index (χ3v) is 5.20. The Bertz CT molecular complexity index is 1020. The molecule has 0 bridgehead atoms. The first-order valence-electron chi connectivity index (χ1n) is 6.22. The van der Waals surface area contributed by atoms with Gasteiger partial charge in [0.15, 0.2) is 0 Å². The summed E-state index contributed by atoms with van der Waals surface area (Å²) in [5.41, 5.74) is 6.01. The lowest BCUT2D eigenvalue weighted by Crippen LogP contribution is -2.19. The minimum absolute atomic E-state index is 0.00481. The van der Waals surface area contributed by atoms with Gasteiger partial charge >= 0.3 is 0 Å². The lowest BCUT2D eigenvalue weighted by atomic mass is 10.2. The number of nitrogens with two attached hydrogens (primary N) is 1. The molecule has 2 aromatic carbocycles. The first-order chi connectivity index (χ1) is 10.9. The van der Waals surface area contributed by atoms with Crippen molar-refractivity contribution in [3.05, 3.63) is 47.0 Å². The van der Waals surface area contributed by atoms with Crippen LogP contribution >= 0.6 is 23.3 Å². The zero-order valence-electron chi connectivity index (χ0n) is 11.4. The van der Waals surface area contributed by atoms with Crippen LogP contribution in [0.2, 0.25) is 5.02 Å². The number of hydrogen-bond acceptors (Lipinski definition) is 6. The Morgan fingerprint density at radius 1 is 1.22 bits per heavy atom. The summed E-state index contributed by atoms with van der Waals surface area (Å²) in [6, 6.07) is 8.74. The topological polar surface area (TPSA) is 115 Å². The molecule has 23 heavy (non-hydrogen) atoms. The minimum Gasteiger partial charge on any atom is -0.366 e. The van der Waals surface area contributed by atoms with E-state index in [1.807, 2.05) is 0 Å². The second-order valence-electron chi connectivity index (χ2n) is 4.55. The van der Waals surface area contributed by atoms with Crippen LogP contribution in [-0.2, 0) is 10.0 Å². The molecule has 0 radical (unpaired) electrons. The van der Waals surface area contributed by atoms with Crippen molar-refractivity contribution in [2.24, 2.45) is 5.73 Å². The molecule has 0 aliphatic rings. The molecule has 0 saturated heterocycles. The molecule has 0 saturated carbocycles. The average molecular weight is 369 g/mol. The monoisotopic (exact) mass is 368 g/mol. The van der Waals surface area contributed by atoms with Gasteiger partial charge < -0.3 is 5.73 Å². The molecule has 0 aliphatic carbocycles. The fourth-order valence-electron chi connectivity index (χ4n) is 2.01. The molecule has 1 heterocycles. The number of nitrogens with one attached hydrogen (secondary N) is 1. The van der Waals surface area contributed by atoms with Crippen LogP contribution in [0.15, 0.2) is 41.3 Å². The zero-order chi connectivity index (χ0) is 16.6. The van der Waals surface area contributed by atoms with Gasteiger partial charge in [0.05, 0.1) is 23.0 Å². The lowest BCUT2D eigenvalue weighted by Gasteiger charge is -2.11. The number of benzene rings is 2. The summed E-state index contributed by atoms with van der Waals surface area (Å²) in [7, 11) is -3.99. The number of halogens is 1. The van der Waals surface area contributed by atoms with Gasteiger partial charge in [-0.25, -0.2) is 8.42 Å². The van der Waals surface area contributed by atoms with E-state index in [9.17, 15) is 13.2 Å². The molecule has 0 atom stereocenters. The van der Waals surface area contributed by atoms with E-state index in [4.69, 9.17) is 17.3 Å². The van der Waals surface area contributed by atoms with E-state index in [1.54, 1.807) is 12.1 Å². The second kappa shape index (κ2) is 5.76. The number of sulfonamides is 1. The smallest absolute Gasteiger partial charge is 0.264 e. The maximum Gasteiger partial charge on any atom is 0.264 e. The van der Waals surface area contributed by atoms with Crippen molar-refractivity contribution in [2.75, 3.05) is 4.72 Å². The van der Waals surface area contributed by atoms with Gasteiger partial charge in [-0.2, -0.15) is 8.75 Å². The van der Waals surface area contributed by atoms with Crippen molar-refractivity contribution >= 4 is 56.0 Å². The van der Waals surface area contributed by atoms with Gasteiger partial charge in [0.1, 0.15) is 15.9 Å². The number of carbonyl (C=O) groups is 1. The van der Waals surface area contributed by atoms with Crippen LogP contribution in [0.5, 0.6) is 0 Å². The molecule has 10 heteroatoms. The Morgan fingerprint density at radius 2 is 2.00 bits per heavy atom. The number of fused-ring (bicyclic) bond motifs is 1. The van der Waals surface area contributed by atoms with E-state index >= 15 is 0 Å². The number of primary amides is 1. The third kappa shape index (κ3) is 2.98. The molecular formula is C13H9ClN4O3S2. The number of amides is 1. The Morgan fingerprint density at radius 3 is 2.74 bits per heavy atom. The van der Waals surface area contributed by atoms with Crippen LogP contribution in [-0.4, -0.2) is 23.1 Å². The Kier molecular flexibility index (Phi) is 3.92. The number of hydrogen-bond donors (Lipinski definition) is 2. The molecule has 0 fully saturated rings. The molecule has 3 rings (SSSR count). The standard InChI is InChI=1S/C13H9ClN4O3S2/c14-7-4-5-8(13(15)19)10(6-7)18-23(20,21)11-3-1-2-9-12(11)17-22-16-9/h1-6,18H,(H2,15,19). The van der Waals surface area contributed by atoms with Gasteiger partial charge in [0, 0.05) is 5.02 Å². The molecular weight excluding hydrogens is 360 g/mol. The second-order valence-corrected chi connectivity index (χ2v) is 7.16. The summed E-state index contributed by atoms with van der Waals surface area (Å²) < 4.78 is 35.6. The van der Waals surface area contributed by atoms with Crippen LogP contribution in [0.25, 0.3) is 11.0 Å². The number of nitrogens with zero attached hydrogens (tertiary/aromatic N) is 2.